The number of ether oxygens (including phenoxy) is 1. The first kappa shape index (κ1) is 23.4. The molecule has 1 amide bonds. The summed E-state index contributed by atoms with van der Waals surface area (Å²) in [4.78, 5) is 34.2. The van der Waals surface area contributed by atoms with Gasteiger partial charge in [0.25, 0.3) is 5.79 Å². The van der Waals surface area contributed by atoms with Crippen LogP contribution in [0.3, 0.4) is 0 Å². The van der Waals surface area contributed by atoms with Crippen molar-refractivity contribution >= 4 is 18.2 Å². The Morgan fingerprint density at radius 2 is 1.93 bits per heavy atom. The van der Waals surface area contributed by atoms with Gasteiger partial charge in [0.1, 0.15) is 24.6 Å². The van der Waals surface area contributed by atoms with Crippen molar-refractivity contribution in [3.8, 4) is 0 Å². The Bertz CT molecular complexity index is 543. The summed E-state index contributed by atoms with van der Waals surface area (Å²) in [5, 5.41) is 60.4. The highest BCUT2D eigenvalue weighted by molar-refractivity contribution is 5.78. The largest absolute Gasteiger partial charge is 0.477 e. The lowest BCUT2D eigenvalue weighted by Gasteiger charge is -2.44. The molecule has 8 unspecified atom stereocenters. The zero-order valence-electron chi connectivity index (χ0n) is 15.1. The fourth-order valence-corrected chi connectivity index (χ4v) is 2.76. The Kier molecular flexibility index (Phi) is 8.26. The molecular formula is C16H27NO10. The van der Waals surface area contributed by atoms with Gasteiger partial charge in [0.2, 0.25) is 5.91 Å². The van der Waals surface area contributed by atoms with Crippen LogP contribution >= 0.6 is 0 Å². The third kappa shape index (κ3) is 5.67. The average molecular weight is 393 g/mol. The third-order valence-electron chi connectivity index (χ3n) is 4.78. The Morgan fingerprint density at radius 3 is 2.41 bits per heavy atom. The monoisotopic (exact) mass is 393 g/mol. The van der Waals surface area contributed by atoms with Gasteiger partial charge in [-0.15, -0.1) is 0 Å². The van der Waals surface area contributed by atoms with Crippen molar-refractivity contribution in [3.05, 3.63) is 0 Å². The van der Waals surface area contributed by atoms with Gasteiger partial charge >= 0.3 is 5.97 Å². The molecule has 1 aliphatic rings. The number of carbonyl (C=O) groups is 3. The molecule has 0 saturated carbocycles. The molecule has 1 fully saturated rings. The lowest BCUT2D eigenvalue weighted by atomic mass is 9.88. The van der Waals surface area contributed by atoms with Crippen LogP contribution in [0.1, 0.15) is 26.7 Å². The zero-order valence-corrected chi connectivity index (χ0v) is 15.1. The minimum atomic E-state index is -2.85. The summed E-state index contributed by atoms with van der Waals surface area (Å²) in [6.07, 6.45) is -7.25. The van der Waals surface area contributed by atoms with Crippen LogP contribution in [0.4, 0.5) is 0 Å². The van der Waals surface area contributed by atoms with Crippen molar-refractivity contribution in [1.82, 2.24) is 5.32 Å². The van der Waals surface area contributed by atoms with E-state index < -0.39 is 67.1 Å². The van der Waals surface area contributed by atoms with E-state index in [0.29, 0.717) is 6.29 Å². The number of amides is 1. The smallest absolute Gasteiger partial charge is 0.364 e. The number of hydrogen-bond donors (Lipinski definition) is 7. The molecule has 8 atom stereocenters. The molecule has 0 aromatic heterocycles. The second kappa shape index (κ2) is 9.53. The van der Waals surface area contributed by atoms with E-state index >= 15 is 0 Å². The van der Waals surface area contributed by atoms with Crippen molar-refractivity contribution in [2.24, 2.45) is 11.8 Å². The number of carboxylic acids is 1. The SMILES string of the molecule is CC(C=O)C(C)CC(=O)NC1C(O)CC(O)(C(=O)O)OC1C(O)C(O)CO. The number of hydrogen-bond acceptors (Lipinski definition) is 9. The first-order chi connectivity index (χ1) is 12.5. The van der Waals surface area contributed by atoms with Crippen LogP contribution in [0, 0.1) is 11.8 Å². The Labute approximate surface area is 155 Å². The Balaban J connectivity index is 3.01. The molecule has 0 bridgehead atoms. The maximum Gasteiger partial charge on any atom is 0.364 e. The maximum absolute atomic E-state index is 12.2. The molecule has 156 valence electrons. The van der Waals surface area contributed by atoms with Crippen LogP contribution in [0.5, 0.6) is 0 Å². The normalized spacial score (nSPS) is 32.8. The van der Waals surface area contributed by atoms with E-state index in [9.17, 15) is 34.8 Å². The van der Waals surface area contributed by atoms with Gasteiger partial charge in [-0.3, -0.25) is 4.79 Å². The van der Waals surface area contributed by atoms with Gasteiger partial charge in [-0.2, -0.15) is 0 Å². The van der Waals surface area contributed by atoms with E-state index in [1.807, 2.05) is 0 Å². The van der Waals surface area contributed by atoms with E-state index in [1.165, 1.54) is 0 Å². The number of carbonyl (C=O) groups excluding carboxylic acids is 2. The highest BCUT2D eigenvalue weighted by Gasteiger charge is 2.54. The maximum atomic E-state index is 12.2. The van der Waals surface area contributed by atoms with Gasteiger partial charge in [0.05, 0.1) is 18.8 Å². The molecule has 11 heteroatoms. The summed E-state index contributed by atoms with van der Waals surface area (Å²) in [6, 6.07) is -1.37. The molecule has 1 aliphatic heterocycles. The first-order valence-electron chi connectivity index (χ1n) is 8.50. The van der Waals surface area contributed by atoms with Gasteiger partial charge in [-0.25, -0.2) is 4.79 Å². The second-order valence-corrected chi connectivity index (χ2v) is 6.95. The lowest BCUT2D eigenvalue weighted by Crippen LogP contribution is -2.67. The predicted octanol–water partition coefficient (Wildman–Crippen LogP) is -3.03. The van der Waals surface area contributed by atoms with Crippen LogP contribution < -0.4 is 5.32 Å². The molecule has 1 heterocycles. The van der Waals surface area contributed by atoms with Gasteiger partial charge in [0, 0.05) is 18.8 Å². The van der Waals surface area contributed by atoms with Crippen molar-refractivity contribution in [2.75, 3.05) is 6.61 Å². The molecule has 1 rings (SSSR count). The fourth-order valence-electron chi connectivity index (χ4n) is 2.76. The van der Waals surface area contributed by atoms with Crippen LogP contribution in [0.25, 0.3) is 0 Å². The molecule has 0 spiro atoms. The third-order valence-corrected chi connectivity index (χ3v) is 4.78. The van der Waals surface area contributed by atoms with Crippen molar-refractivity contribution in [1.29, 1.82) is 0 Å². The summed E-state index contributed by atoms with van der Waals surface area (Å²) in [6.45, 7) is 2.38. The number of nitrogens with one attached hydrogen (secondary N) is 1. The van der Waals surface area contributed by atoms with Crippen LogP contribution in [0.15, 0.2) is 0 Å². The summed E-state index contributed by atoms with van der Waals surface area (Å²) in [5.74, 6) is -6.01. The first-order valence-corrected chi connectivity index (χ1v) is 8.50. The Hall–Kier alpha value is -1.63. The molecule has 27 heavy (non-hydrogen) atoms. The summed E-state index contributed by atoms with van der Waals surface area (Å²) in [5.41, 5.74) is 0. The summed E-state index contributed by atoms with van der Waals surface area (Å²) in [7, 11) is 0. The number of carboxylic acid groups (broad SMARTS) is 1. The number of aliphatic carboxylic acids is 1. The van der Waals surface area contributed by atoms with Crippen molar-refractivity contribution in [3.63, 3.8) is 0 Å². The van der Waals surface area contributed by atoms with E-state index in [1.54, 1.807) is 13.8 Å². The van der Waals surface area contributed by atoms with Gasteiger partial charge in [-0.1, -0.05) is 13.8 Å². The highest BCUT2D eigenvalue weighted by atomic mass is 16.7. The van der Waals surface area contributed by atoms with Gasteiger partial charge in [-0.05, 0) is 5.92 Å². The average Bonchev–Trinajstić information content (AvgIpc) is 2.61. The van der Waals surface area contributed by atoms with E-state index in [2.05, 4.69) is 5.32 Å². The van der Waals surface area contributed by atoms with Gasteiger partial charge in [0.15, 0.2) is 0 Å². The van der Waals surface area contributed by atoms with E-state index in [-0.39, 0.29) is 12.3 Å². The molecule has 7 N–H and O–H groups in total. The Morgan fingerprint density at radius 1 is 1.33 bits per heavy atom. The molecule has 0 aliphatic carbocycles. The molecule has 0 aromatic rings. The molecule has 11 nitrogen and oxygen atoms in total. The van der Waals surface area contributed by atoms with E-state index in [4.69, 9.17) is 14.9 Å². The lowest BCUT2D eigenvalue weighted by molar-refractivity contribution is -0.295. The number of aliphatic hydroxyl groups excluding tert-OH is 4. The topological polar surface area (TPSA) is 194 Å². The van der Waals surface area contributed by atoms with Crippen molar-refractivity contribution in [2.45, 2.75) is 62.9 Å². The summed E-state index contributed by atoms with van der Waals surface area (Å²) >= 11 is 0. The molecule has 0 aromatic carbocycles. The highest BCUT2D eigenvalue weighted by Crippen LogP contribution is 2.30. The fraction of sp³-hybridized carbons (Fsp3) is 0.812. The van der Waals surface area contributed by atoms with Crippen molar-refractivity contribution < 1.29 is 49.8 Å². The molecule has 0 radical (unpaired) electrons. The van der Waals surface area contributed by atoms with Crippen LogP contribution in [0.2, 0.25) is 0 Å². The van der Waals surface area contributed by atoms with Crippen LogP contribution in [-0.4, -0.2) is 91.7 Å². The predicted molar refractivity (Wildman–Crippen MR) is 88.1 cm³/mol. The number of aliphatic hydroxyl groups is 5. The van der Waals surface area contributed by atoms with E-state index in [0.717, 1.165) is 0 Å². The second-order valence-electron chi connectivity index (χ2n) is 6.95. The standard InChI is InChI=1S/C16H27NO10/c1-7(8(2)5-18)3-11(22)17-12-9(20)4-16(26,15(24)25)27-14(12)13(23)10(21)6-19/h5,7-10,12-14,19-21,23,26H,3-4,6H2,1-2H3,(H,17,22)(H,24,25). The zero-order chi connectivity index (χ0) is 20.9. The molecule has 1 saturated heterocycles. The molecular weight excluding hydrogens is 366 g/mol. The van der Waals surface area contributed by atoms with Crippen LogP contribution in [-0.2, 0) is 19.1 Å². The number of rotatable bonds is 9. The van der Waals surface area contributed by atoms with Gasteiger partial charge < -0.3 is 45.5 Å². The quantitative estimate of drug-likeness (QED) is 0.198. The number of aldehydes is 1. The summed E-state index contributed by atoms with van der Waals surface area (Å²) < 4.78 is 4.98. The minimum Gasteiger partial charge on any atom is -0.477 e. The minimum absolute atomic E-state index is 0.0995.